The minimum Gasteiger partial charge on any atom is -0.367 e. The number of ether oxygens (including phenoxy) is 1. The monoisotopic (exact) mass is 257 g/mol. The molecule has 1 saturated heterocycles. The average molecular weight is 257 g/mol. The maximum atomic E-state index is 12.7. The molecule has 1 N–H and O–H groups in total. The normalized spacial score (nSPS) is 23.1. The van der Waals surface area contributed by atoms with E-state index in [9.17, 15) is 4.79 Å². The van der Waals surface area contributed by atoms with Crippen molar-refractivity contribution in [3.63, 3.8) is 0 Å². The van der Waals surface area contributed by atoms with E-state index in [0.29, 0.717) is 6.61 Å². The number of hydrogen-bond donors (Lipinski definition) is 1. The smallest absolute Gasteiger partial charge is 0.196 e. The van der Waals surface area contributed by atoms with Crippen LogP contribution >= 0.6 is 0 Å². The van der Waals surface area contributed by atoms with Crippen molar-refractivity contribution < 1.29 is 9.53 Å². The molecule has 0 aliphatic carbocycles. The Kier molecular flexibility index (Phi) is 2.94. The number of aryl methyl sites for hydroxylation is 1. The Labute approximate surface area is 113 Å². The molecule has 0 saturated carbocycles. The third-order valence-corrected chi connectivity index (χ3v) is 4.13. The molecule has 1 aromatic carbocycles. The first-order valence-electron chi connectivity index (χ1n) is 6.93. The number of H-pyrrole nitrogens is 1. The van der Waals surface area contributed by atoms with Gasteiger partial charge in [-0.15, -0.1) is 0 Å². The van der Waals surface area contributed by atoms with Gasteiger partial charge < -0.3 is 9.72 Å². The van der Waals surface area contributed by atoms with Crippen LogP contribution in [0.4, 0.5) is 0 Å². The van der Waals surface area contributed by atoms with Gasteiger partial charge in [-0.25, -0.2) is 0 Å². The van der Waals surface area contributed by atoms with Gasteiger partial charge in [0.25, 0.3) is 0 Å². The third kappa shape index (κ3) is 1.89. The van der Waals surface area contributed by atoms with Crippen LogP contribution in [0.2, 0.25) is 0 Å². The summed E-state index contributed by atoms with van der Waals surface area (Å²) in [7, 11) is 0. The minimum atomic E-state index is -0.642. The highest BCUT2D eigenvalue weighted by Crippen LogP contribution is 2.32. The first kappa shape index (κ1) is 12.4. The molecule has 1 aliphatic heterocycles. The highest BCUT2D eigenvalue weighted by molar-refractivity contribution is 6.12. The van der Waals surface area contributed by atoms with Crippen LogP contribution in [0, 0.1) is 0 Å². The fourth-order valence-electron chi connectivity index (χ4n) is 2.94. The Hall–Kier alpha value is -1.61. The third-order valence-electron chi connectivity index (χ3n) is 4.13. The number of carbonyl (C=O) groups is 1. The van der Waals surface area contributed by atoms with Gasteiger partial charge in [0.05, 0.1) is 0 Å². The van der Waals surface area contributed by atoms with Gasteiger partial charge in [0, 0.05) is 29.3 Å². The van der Waals surface area contributed by atoms with Crippen molar-refractivity contribution in [2.45, 2.75) is 38.7 Å². The molecule has 2 heterocycles. The number of benzene rings is 1. The van der Waals surface area contributed by atoms with Gasteiger partial charge in [-0.05, 0) is 31.7 Å². The van der Waals surface area contributed by atoms with Gasteiger partial charge in [-0.2, -0.15) is 0 Å². The number of carbonyl (C=O) groups excluding carboxylic acids is 1. The zero-order valence-corrected chi connectivity index (χ0v) is 11.5. The number of nitrogens with one attached hydrogen (secondary N) is 1. The lowest BCUT2D eigenvalue weighted by molar-refractivity contribution is 0.0215. The summed E-state index contributed by atoms with van der Waals surface area (Å²) in [5, 5.41) is 1.01. The zero-order valence-electron chi connectivity index (χ0n) is 11.5. The number of rotatable bonds is 3. The van der Waals surface area contributed by atoms with Gasteiger partial charge in [0.2, 0.25) is 0 Å². The van der Waals surface area contributed by atoms with Crippen LogP contribution in [-0.4, -0.2) is 23.0 Å². The number of ketones is 1. The maximum absolute atomic E-state index is 12.7. The van der Waals surface area contributed by atoms with Crippen LogP contribution in [0.25, 0.3) is 10.9 Å². The molecular weight excluding hydrogens is 238 g/mol. The highest BCUT2D eigenvalue weighted by Gasteiger charge is 2.39. The highest BCUT2D eigenvalue weighted by atomic mass is 16.5. The lowest BCUT2D eigenvalue weighted by atomic mass is 9.91. The largest absolute Gasteiger partial charge is 0.367 e. The zero-order chi connectivity index (χ0) is 13.5. The maximum Gasteiger partial charge on any atom is 0.196 e. The lowest BCUT2D eigenvalue weighted by Gasteiger charge is -2.20. The van der Waals surface area contributed by atoms with Crippen LogP contribution in [-0.2, 0) is 11.2 Å². The second-order valence-electron chi connectivity index (χ2n) is 5.41. The van der Waals surface area contributed by atoms with Crippen LogP contribution in [0.3, 0.4) is 0 Å². The Morgan fingerprint density at radius 1 is 1.47 bits per heavy atom. The van der Waals surface area contributed by atoms with E-state index in [1.165, 1.54) is 5.56 Å². The first-order valence-corrected chi connectivity index (χ1v) is 6.93. The van der Waals surface area contributed by atoms with Crippen LogP contribution in [0.15, 0.2) is 24.4 Å². The predicted octanol–water partition coefficient (Wildman–Crippen LogP) is 3.48. The molecule has 0 radical (unpaired) electrons. The molecular formula is C16H19NO2. The quantitative estimate of drug-likeness (QED) is 0.855. The number of para-hydroxylation sites is 1. The van der Waals surface area contributed by atoms with E-state index in [0.717, 1.165) is 35.7 Å². The fraction of sp³-hybridized carbons (Fsp3) is 0.438. The van der Waals surface area contributed by atoms with E-state index in [1.54, 1.807) is 0 Å². The summed E-state index contributed by atoms with van der Waals surface area (Å²) in [6.07, 6.45) is 4.56. The molecule has 0 bridgehead atoms. The molecule has 3 nitrogen and oxygen atoms in total. The van der Waals surface area contributed by atoms with E-state index in [4.69, 9.17) is 4.74 Å². The Bertz CT molecular complexity index is 621. The topological polar surface area (TPSA) is 42.1 Å². The summed E-state index contributed by atoms with van der Waals surface area (Å²) in [5.41, 5.74) is 2.44. The summed E-state index contributed by atoms with van der Waals surface area (Å²) >= 11 is 0. The predicted molar refractivity (Wildman–Crippen MR) is 75.6 cm³/mol. The second-order valence-corrected chi connectivity index (χ2v) is 5.41. The van der Waals surface area contributed by atoms with Gasteiger partial charge in [-0.1, -0.05) is 25.1 Å². The standard InChI is InChI=1S/C16H19NO2/c1-3-11-6-4-7-12-13(10-17-14(11)12)15(18)16(2)8-5-9-19-16/h4,6-7,10,17H,3,5,8-9H2,1-2H3. The van der Waals surface area contributed by atoms with Crippen LogP contribution in [0.5, 0.6) is 0 Å². The van der Waals surface area contributed by atoms with E-state index in [2.05, 4.69) is 18.0 Å². The molecule has 1 fully saturated rings. The molecule has 19 heavy (non-hydrogen) atoms. The van der Waals surface area contributed by atoms with Crippen molar-refractivity contribution in [2.24, 2.45) is 0 Å². The van der Waals surface area contributed by atoms with Gasteiger partial charge in [-0.3, -0.25) is 4.79 Å². The Morgan fingerprint density at radius 3 is 3.00 bits per heavy atom. The van der Waals surface area contributed by atoms with Crippen molar-refractivity contribution in [3.8, 4) is 0 Å². The molecule has 2 aromatic rings. The summed E-state index contributed by atoms with van der Waals surface area (Å²) in [4.78, 5) is 16.0. The Morgan fingerprint density at radius 2 is 2.32 bits per heavy atom. The second kappa shape index (κ2) is 4.49. The van der Waals surface area contributed by atoms with E-state index in [-0.39, 0.29) is 5.78 Å². The molecule has 1 atom stereocenters. The number of aromatic amines is 1. The molecule has 1 aromatic heterocycles. The molecule has 3 heteroatoms. The van der Waals surface area contributed by atoms with Crippen LogP contribution in [0.1, 0.15) is 42.6 Å². The van der Waals surface area contributed by atoms with E-state index >= 15 is 0 Å². The van der Waals surface area contributed by atoms with Gasteiger partial charge in [0.15, 0.2) is 5.78 Å². The minimum absolute atomic E-state index is 0.101. The van der Waals surface area contributed by atoms with Crippen molar-refractivity contribution in [1.82, 2.24) is 4.98 Å². The molecule has 0 spiro atoms. The van der Waals surface area contributed by atoms with Crippen LogP contribution < -0.4 is 0 Å². The number of aromatic nitrogens is 1. The van der Waals surface area contributed by atoms with Gasteiger partial charge in [0.1, 0.15) is 5.60 Å². The number of fused-ring (bicyclic) bond motifs is 1. The number of Topliss-reactive ketones (excluding diaryl/α,β-unsaturated/α-hetero) is 1. The van der Waals surface area contributed by atoms with Crippen molar-refractivity contribution in [1.29, 1.82) is 0 Å². The molecule has 0 amide bonds. The lowest BCUT2D eigenvalue weighted by Crippen LogP contribution is -2.34. The summed E-state index contributed by atoms with van der Waals surface area (Å²) in [6.45, 7) is 4.72. The van der Waals surface area contributed by atoms with Gasteiger partial charge >= 0.3 is 0 Å². The summed E-state index contributed by atoms with van der Waals surface area (Å²) in [6, 6.07) is 6.13. The molecule has 1 aliphatic rings. The number of hydrogen-bond acceptors (Lipinski definition) is 2. The van der Waals surface area contributed by atoms with Crippen molar-refractivity contribution >= 4 is 16.7 Å². The summed E-state index contributed by atoms with van der Waals surface area (Å²) < 4.78 is 5.67. The van der Waals surface area contributed by atoms with E-state index in [1.807, 2.05) is 25.3 Å². The first-order chi connectivity index (χ1) is 9.15. The fourth-order valence-corrected chi connectivity index (χ4v) is 2.94. The SMILES string of the molecule is CCc1cccc2c(C(=O)C3(C)CCCO3)c[nH]c12. The molecule has 100 valence electrons. The average Bonchev–Trinajstić information content (AvgIpc) is 3.04. The van der Waals surface area contributed by atoms with Crippen molar-refractivity contribution in [2.75, 3.05) is 6.61 Å². The van der Waals surface area contributed by atoms with Crippen molar-refractivity contribution in [3.05, 3.63) is 35.5 Å². The molecule has 1 unspecified atom stereocenters. The molecule has 3 rings (SSSR count). The summed E-state index contributed by atoms with van der Waals surface area (Å²) in [5.74, 6) is 0.101. The Balaban J connectivity index is 2.08. The van der Waals surface area contributed by atoms with E-state index < -0.39 is 5.60 Å².